The highest BCUT2D eigenvalue weighted by atomic mass is 79.9. The summed E-state index contributed by atoms with van der Waals surface area (Å²) in [4.78, 5) is 0. The third-order valence-electron chi connectivity index (χ3n) is 2.36. The molecule has 1 aromatic heterocycles. The van der Waals surface area contributed by atoms with Crippen molar-refractivity contribution in [3.8, 4) is 0 Å². The highest BCUT2D eigenvalue weighted by Crippen LogP contribution is 2.29. The SMILES string of the molecule is Cn1nnc(Br)c1C(N)c1ccccc1Br. The number of nitrogens with zero attached hydrogens (tertiary/aromatic N) is 3. The van der Waals surface area contributed by atoms with E-state index in [0.29, 0.717) is 4.60 Å². The summed E-state index contributed by atoms with van der Waals surface area (Å²) in [6.07, 6.45) is 0. The van der Waals surface area contributed by atoms with Gasteiger partial charge in [0.25, 0.3) is 0 Å². The maximum atomic E-state index is 6.20. The minimum atomic E-state index is -0.259. The predicted molar refractivity (Wildman–Crippen MR) is 68.9 cm³/mol. The van der Waals surface area contributed by atoms with Crippen LogP contribution in [0.1, 0.15) is 17.3 Å². The van der Waals surface area contributed by atoms with Gasteiger partial charge in [0.15, 0.2) is 4.60 Å². The molecule has 2 N–H and O–H groups in total. The Hall–Kier alpha value is -0.720. The molecule has 2 rings (SSSR count). The van der Waals surface area contributed by atoms with Crippen molar-refractivity contribution in [3.63, 3.8) is 0 Å². The molecule has 0 radical (unpaired) electrons. The van der Waals surface area contributed by atoms with Gasteiger partial charge in [0.2, 0.25) is 0 Å². The first-order chi connectivity index (χ1) is 7.61. The topological polar surface area (TPSA) is 56.7 Å². The van der Waals surface area contributed by atoms with E-state index in [2.05, 4.69) is 42.2 Å². The lowest BCUT2D eigenvalue weighted by atomic mass is 10.1. The van der Waals surface area contributed by atoms with E-state index in [4.69, 9.17) is 5.73 Å². The highest BCUT2D eigenvalue weighted by molar-refractivity contribution is 9.10. The van der Waals surface area contributed by atoms with Crippen LogP contribution in [-0.2, 0) is 7.05 Å². The van der Waals surface area contributed by atoms with Crippen LogP contribution in [0.3, 0.4) is 0 Å². The molecule has 6 heteroatoms. The van der Waals surface area contributed by atoms with Crippen LogP contribution in [0.15, 0.2) is 33.3 Å². The van der Waals surface area contributed by atoms with E-state index in [0.717, 1.165) is 15.7 Å². The first kappa shape index (κ1) is 11.8. The Bertz CT molecular complexity index is 490. The van der Waals surface area contributed by atoms with Crippen molar-refractivity contribution in [2.24, 2.45) is 12.8 Å². The summed E-state index contributed by atoms with van der Waals surface area (Å²) in [6.45, 7) is 0. The molecule has 16 heavy (non-hydrogen) atoms. The number of hydrogen-bond donors (Lipinski definition) is 1. The van der Waals surface area contributed by atoms with Crippen LogP contribution >= 0.6 is 31.9 Å². The van der Waals surface area contributed by atoms with Crippen LogP contribution in [-0.4, -0.2) is 15.0 Å². The monoisotopic (exact) mass is 344 g/mol. The van der Waals surface area contributed by atoms with Gasteiger partial charge in [-0.25, -0.2) is 4.68 Å². The standard InChI is InChI=1S/C10H10Br2N4/c1-16-9(10(12)14-15-16)8(13)6-4-2-3-5-7(6)11/h2-5,8H,13H2,1H3. The minimum Gasteiger partial charge on any atom is -0.319 e. The zero-order valence-electron chi connectivity index (χ0n) is 8.56. The number of rotatable bonds is 2. The molecule has 1 aromatic carbocycles. The fourth-order valence-corrected chi connectivity index (χ4v) is 2.65. The van der Waals surface area contributed by atoms with Crippen LogP contribution in [0.5, 0.6) is 0 Å². The van der Waals surface area contributed by atoms with Crippen molar-refractivity contribution in [3.05, 3.63) is 44.6 Å². The lowest BCUT2D eigenvalue weighted by Gasteiger charge is -2.13. The first-order valence-corrected chi connectivity index (χ1v) is 6.25. The van der Waals surface area contributed by atoms with E-state index in [9.17, 15) is 0 Å². The first-order valence-electron chi connectivity index (χ1n) is 4.66. The molecule has 0 aliphatic carbocycles. The highest BCUT2D eigenvalue weighted by Gasteiger charge is 2.19. The van der Waals surface area contributed by atoms with Crippen LogP contribution in [0.2, 0.25) is 0 Å². The molecule has 0 bridgehead atoms. The maximum Gasteiger partial charge on any atom is 0.153 e. The smallest absolute Gasteiger partial charge is 0.153 e. The van der Waals surface area contributed by atoms with Crippen molar-refractivity contribution in [2.75, 3.05) is 0 Å². The second kappa shape index (κ2) is 4.65. The van der Waals surface area contributed by atoms with E-state index in [1.165, 1.54) is 0 Å². The number of nitrogens with two attached hydrogens (primary N) is 1. The largest absolute Gasteiger partial charge is 0.319 e. The van der Waals surface area contributed by atoms with Crippen molar-refractivity contribution in [1.29, 1.82) is 0 Å². The second-order valence-electron chi connectivity index (χ2n) is 3.39. The third kappa shape index (κ3) is 2.05. The molecule has 0 saturated carbocycles. The average Bonchev–Trinajstić information content (AvgIpc) is 2.58. The van der Waals surface area contributed by atoms with E-state index in [-0.39, 0.29) is 6.04 Å². The van der Waals surface area contributed by atoms with E-state index in [1.807, 2.05) is 31.3 Å². The third-order valence-corrected chi connectivity index (χ3v) is 3.65. The molecular formula is C10H10Br2N4. The van der Waals surface area contributed by atoms with Crippen molar-refractivity contribution in [2.45, 2.75) is 6.04 Å². The van der Waals surface area contributed by atoms with E-state index >= 15 is 0 Å². The molecule has 1 atom stereocenters. The summed E-state index contributed by atoms with van der Waals surface area (Å²) in [5, 5.41) is 7.84. The Balaban J connectivity index is 2.47. The van der Waals surface area contributed by atoms with E-state index in [1.54, 1.807) is 4.68 Å². The van der Waals surface area contributed by atoms with Crippen LogP contribution in [0, 0.1) is 0 Å². The Labute approximate surface area is 110 Å². The number of aryl methyl sites for hydroxylation is 1. The number of hydrogen-bond acceptors (Lipinski definition) is 3. The van der Waals surface area contributed by atoms with Crippen LogP contribution in [0.4, 0.5) is 0 Å². The van der Waals surface area contributed by atoms with Gasteiger partial charge in [-0.2, -0.15) is 0 Å². The number of halogens is 2. The van der Waals surface area contributed by atoms with Crippen molar-refractivity contribution < 1.29 is 0 Å². The number of aromatic nitrogens is 3. The fourth-order valence-electron chi connectivity index (χ4n) is 1.54. The Morgan fingerprint density at radius 2 is 2.00 bits per heavy atom. The van der Waals surface area contributed by atoms with Gasteiger partial charge >= 0.3 is 0 Å². The molecule has 0 spiro atoms. The van der Waals surface area contributed by atoms with Crippen molar-refractivity contribution in [1.82, 2.24) is 15.0 Å². The molecular weight excluding hydrogens is 336 g/mol. The maximum absolute atomic E-state index is 6.20. The summed E-state index contributed by atoms with van der Waals surface area (Å²) < 4.78 is 3.34. The molecule has 0 aliphatic heterocycles. The molecule has 1 heterocycles. The molecule has 0 aliphatic rings. The summed E-state index contributed by atoms with van der Waals surface area (Å²) in [7, 11) is 1.82. The fraction of sp³-hybridized carbons (Fsp3) is 0.200. The Kier molecular flexibility index (Phi) is 3.41. The normalized spacial score (nSPS) is 12.8. The van der Waals surface area contributed by atoms with Gasteiger partial charge in [0.05, 0.1) is 11.7 Å². The minimum absolute atomic E-state index is 0.259. The van der Waals surface area contributed by atoms with Gasteiger partial charge in [-0.1, -0.05) is 39.3 Å². The van der Waals surface area contributed by atoms with Gasteiger partial charge in [-0.05, 0) is 27.6 Å². The van der Waals surface area contributed by atoms with Gasteiger partial charge in [-0.3, -0.25) is 0 Å². The lowest BCUT2D eigenvalue weighted by Crippen LogP contribution is -2.16. The molecule has 4 nitrogen and oxygen atoms in total. The number of benzene rings is 1. The summed E-state index contributed by atoms with van der Waals surface area (Å²) in [5.41, 5.74) is 8.06. The Morgan fingerprint density at radius 3 is 2.56 bits per heavy atom. The van der Waals surface area contributed by atoms with Crippen LogP contribution < -0.4 is 5.73 Å². The molecule has 2 aromatic rings. The lowest BCUT2D eigenvalue weighted by molar-refractivity contribution is 0.650. The summed E-state index contributed by atoms with van der Waals surface area (Å²) in [6, 6.07) is 7.60. The van der Waals surface area contributed by atoms with E-state index < -0.39 is 0 Å². The molecule has 1 unspecified atom stereocenters. The van der Waals surface area contributed by atoms with Gasteiger partial charge in [-0.15, -0.1) is 5.10 Å². The van der Waals surface area contributed by atoms with Crippen LogP contribution in [0.25, 0.3) is 0 Å². The Morgan fingerprint density at radius 1 is 1.31 bits per heavy atom. The molecule has 84 valence electrons. The second-order valence-corrected chi connectivity index (χ2v) is 4.99. The van der Waals surface area contributed by atoms with Crippen molar-refractivity contribution >= 4 is 31.9 Å². The molecule has 0 saturated heterocycles. The summed E-state index contributed by atoms with van der Waals surface area (Å²) in [5.74, 6) is 0. The average molecular weight is 346 g/mol. The zero-order valence-corrected chi connectivity index (χ0v) is 11.7. The predicted octanol–water partition coefficient (Wildman–Crippen LogP) is 2.39. The van der Waals surface area contributed by atoms with Gasteiger partial charge < -0.3 is 5.73 Å². The van der Waals surface area contributed by atoms with Gasteiger partial charge in [0, 0.05) is 11.5 Å². The molecule has 0 fully saturated rings. The zero-order chi connectivity index (χ0) is 11.7. The quantitative estimate of drug-likeness (QED) is 0.909. The molecule has 0 amide bonds. The summed E-state index contributed by atoms with van der Waals surface area (Å²) >= 11 is 6.84. The van der Waals surface area contributed by atoms with Gasteiger partial charge in [0.1, 0.15) is 0 Å².